The average molecular weight is 254 g/mol. The lowest BCUT2D eigenvalue weighted by Gasteiger charge is -2.10. The third kappa shape index (κ3) is 3.55. The second-order valence-corrected chi connectivity index (χ2v) is 3.86. The molecule has 0 heterocycles. The number of hydrogen-bond donors (Lipinski definition) is 0. The van der Waals surface area contributed by atoms with Crippen molar-refractivity contribution in [3.05, 3.63) is 29.6 Å². The van der Waals surface area contributed by atoms with E-state index in [4.69, 9.17) is 4.74 Å². The van der Waals surface area contributed by atoms with Crippen LogP contribution < -0.4 is 4.74 Å². The summed E-state index contributed by atoms with van der Waals surface area (Å²) in [5.41, 5.74) is -0.341. The minimum absolute atomic E-state index is 0.0639. The van der Waals surface area contributed by atoms with Gasteiger partial charge in [0.15, 0.2) is 0 Å². The Hall–Kier alpha value is -1.91. The zero-order valence-electron chi connectivity index (χ0n) is 10.5. The fourth-order valence-corrected chi connectivity index (χ4v) is 1.33. The van der Waals surface area contributed by atoms with Gasteiger partial charge in [0.2, 0.25) is 0 Å². The second-order valence-electron chi connectivity index (χ2n) is 3.86. The minimum Gasteiger partial charge on any atom is -0.491 e. The molecule has 0 radical (unpaired) electrons. The van der Waals surface area contributed by atoms with Crippen LogP contribution in [0.5, 0.6) is 5.75 Å². The molecule has 0 spiro atoms. The van der Waals surface area contributed by atoms with E-state index in [2.05, 4.69) is 4.74 Å². The summed E-state index contributed by atoms with van der Waals surface area (Å²) in [4.78, 5) is 22.9. The third-order valence-corrected chi connectivity index (χ3v) is 2.02. The number of halogens is 1. The van der Waals surface area contributed by atoms with Gasteiger partial charge in [0.05, 0.1) is 18.3 Å². The van der Waals surface area contributed by atoms with Gasteiger partial charge in [-0.2, -0.15) is 0 Å². The largest absolute Gasteiger partial charge is 0.491 e. The number of carbonyl (C=O) groups excluding carboxylic acids is 2. The number of esters is 1. The van der Waals surface area contributed by atoms with E-state index in [9.17, 15) is 14.0 Å². The average Bonchev–Trinajstić information content (AvgIpc) is 2.30. The standard InChI is InChI=1S/C13H15FO4/c1-4-17-13(16)12(15)10-7-9(18-8(2)3)5-6-11(10)14/h5-8H,4H2,1-3H3. The highest BCUT2D eigenvalue weighted by Gasteiger charge is 2.22. The molecule has 0 aliphatic heterocycles. The van der Waals surface area contributed by atoms with Crippen LogP contribution in [-0.4, -0.2) is 24.5 Å². The van der Waals surface area contributed by atoms with Crippen LogP contribution in [0.2, 0.25) is 0 Å². The molecular formula is C13H15FO4. The molecule has 0 N–H and O–H groups in total. The lowest BCUT2D eigenvalue weighted by Crippen LogP contribution is -2.19. The van der Waals surface area contributed by atoms with E-state index in [1.54, 1.807) is 20.8 Å². The molecule has 0 unspecified atom stereocenters. The summed E-state index contributed by atoms with van der Waals surface area (Å²) in [5, 5.41) is 0. The summed E-state index contributed by atoms with van der Waals surface area (Å²) in [6.07, 6.45) is -0.110. The normalized spacial score (nSPS) is 10.3. The summed E-state index contributed by atoms with van der Waals surface area (Å²) in [7, 11) is 0. The molecule has 1 rings (SSSR count). The lowest BCUT2D eigenvalue weighted by atomic mass is 10.1. The Balaban J connectivity index is 3.00. The van der Waals surface area contributed by atoms with Gasteiger partial charge in [-0.3, -0.25) is 4.79 Å². The Morgan fingerprint density at radius 1 is 1.33 bits per heavy atom. The highest BCUT2D eigenvalue weighted by Crippen LogP contribution is 2.19. The monoisotopic (exact) mass is 254 g/mol. The molecule has 4 nitrogen and oxygen atoms in total. The lowest BCUT2D eigenvalue weighted by molar-refractivity contribution is -0.137. The molecule has 0 saturated heterocycles. The molecule has 98 valence electrons. The zero-order valence-corrected chi connectivity index (χ0v) is 10.5. The van der Waals surface area contributed by atoms with E-state index in [-0.39, 0.29) is 18.3 Å². The number of ether oxygens (including phenoxy) is 2. The van der Waals surface area contributed by atoms with Crippen molar-refractivity contribution in [3.8, 4) is 5.75 Å². The van der Waals surface area contributed by atoms with Crippen LogP contribution in [0.25, 0.3) is 0 Å². The molecule has 0 aromatic heterocycles. The Kier molecular flexibility index (Phi) is 4.83. The predicted molar refractivity (Wildman–Crippen MR) is 63.1 cm³/mol. The predicted octanol–water partition coefficient (Wildman–Crippen LogP) is 2.36. The molecule has 1 aromatic carbocycles. The van der Waals surface area contributed by atoms with E-state index in [0.717, 1.165) is 6.07 Å². The molecule has 0 bridgehead atoms. The second kappa shape index (κ2) is 6.14. The molecule has 0 aliphatic rings. The molecule has 5 heteroatoms. The fourth-order valence-electron chi connectivity index (χ4n) is 1.33. The molecule has 0 amide bonds. The Morgan fingerprint density at radius 2 is 2.00 bits per heavy atom. The number of ketones is 1. The molecule has 0 fully saturated rings. The van der Waals surface area contributed by atoms with Crippen LogP contribution in [-0.2, 0) is 9.53 Å². The van der Waals surface area contributed by atoms with Gasteiger partial charge in [-0.1, -0.05) is 0 Å². The van der Waals surface area contributed by atoms with Gasteiger partial charge >= 0.3 is 5.97 Å². The van der Waals surface area contributed by atoms with E-state index in [1.807, 2.05) is 0 Å². The number of carbonyl (C=O) groups is 2. The van der Waals surface area contributed by atoms with Gasteiger partial charge in [0.1, 0.15) is 11.6 Å². The van der Waals surface area contributed by atoms with Crippen LogP contribution in [0, 0.1) is 5.82 Å². The van der Waals surface area contributed by atoms with Crippen molar-refractivity contribution in [1.29, 1.82) is 0 Å². The van der Waals surface area contributed by atoms with Gasteiger partial charge in [-0.25, -0.2) is 9.18 Å². The first-order valence-corrected chi connectivity index (χ1v) is 5.63. The number of benzene rings is 1. The molecule has 0 atom stereocenters. The SMILES string of the molecule is CCOC(=O)C(=O)c1cc(OC(C)C)ccc1F. The third-order valence-electron chi connectivity index (χ3n) is 2.02. The van der Waals surface area contributed by atoms with Crippen molar-refractivity contribution in [2.45, 2.75) is 26.9 Å². The molecule has 0 saturated carbocycles. The number of rotatable bonds is 5. The number of Topliss-reactive ketones (excluding diaryl/α,β-unsaturated/α-hetero) is 1. The maximum atomic E-state index is 13.5. The van der Waals surface area contributed by atoms with Gasteiger partial charge in [0, 0.05) is 0 Å². The van der Waals surface area contributed by atoms with Gasteiger partial charge in [-0.05, 0) is 39.0 Å². The molecule has 0 aliphatic carbocycles. The van der Waals surface area contributed by atoms with E-state index in [0.29, 0.717) is 5.75 Å². The van der Waals surface area contributed by atoms with E-state index >= 15 is 0 Å². The first kappa shape index (κ1) is 14.2. The Morgan fingerprint density at radius 3 is 2.56 bits per heavy atom. The topological polar surface area (TPSA) is 52.6 Å². The minimum atomic E-state index is -1.07. The highest BCUT2D eigenvalue weighted by molar-refractivity contribution is 6.40. The van der Waals surface area contributed by atoms with E-state index in [1.165, 1.54) is 12.1 Å². The quantitative estimate of drug-likeness (QED) is 0.460. The van der Waals surface area contributed by atoms with Crippen molar-refractivity contribution < 1.29 is 23.5 Å². The van der Waals surface area contributed by atoms with Crippen LogP contribution in [0.15, 0.2) is 18.2 Å². The first-order chi connectivity index (χ1) is 8.45. The smallest absolute Gasteiger partial charge is 0.379 e. The highest BCUT2D eigenvalue weighted by atomic mass is 19.1. The Labute approximate surface area is 105 Å². The summed E-state index contributed by atoms with van der Waals surface area (Å²) < 4.78 is 23.3. The summed E-state index contributed by atoms with van der Waals surface area (Å²) in [5.74, 6) is -2.52. The van der Waals surface area contributed by atoms with Crippen molar-refractivity contribution in [2.75, 3.05) is 6.61 Å². The number of hydrogen-bond acceptors (Lipinski definition) is 4. The zero-order chi connectivity index (χ0) is 13.7. The van der Waals surface area contributed by atoms with Crippen LogP contribution in [0.4, 0.5) is 4.39 Å². The Bertz CT molecular complexity index is 454. The van der Waals surface area contributed by atoms with Crippen molar-refractivity contribution >= 4 is 11.8 Å². The van der Waals surface area contributed by atoms with Crippen LogP contribution >= 0.6 is 0 Å². The maximum absolute atomic E-state index is 13.5. The van der Waals surface area contributed by atoms with Crippen LogP contribution in [0.1, 0.15) is 31.1 Å². The van der Waals surface area contributed by atoms with Crippen LogP contribution in [0.3, 0.4) is 0 Å². The fraction of sp³-hybridized carbons (Fsp3) is 0.385. The van der Waals surface area contributed by atoms with Gasteiger partial charge in [0.25, 0.3) is 5.78 Å². The van der Waals surface area contributed by atoms with E-state index < -0.39 is 17.6 Å². The van der Waals surface area contributed by atoms with Crippen molar-refractivity contribution in [3.63, 3.8) is 0 Å². The molecule has 18 heavy (non-hydrogen) atoms. The summed E-state index contributed by atoms with van der Waals surface area (Å²) in [6, 6.07) is 3.69. The molecular weight excluding hydrogens is 239 g/mol. The van der Waals surface area contributed by atoms with Gasteiger partial charge < -0.3 is 9.47 Å². The van der Waals surface area contributed by atoms with Crippen molar-refractivity contribution in [1.82, 2.24) is 0 Å². The van der Waals surface area contributed by atoms with Gasteiger partial charge in [-0.15, -0.1) is 0 Å². The molecule has 1 aromatic rings. The van der Waals surface area contributed by atoms with Crippen molar-refractivity contribution in [2.24, 2.45) is 0 Å². The summed E-state index contributed by atoms with van der Waals surface area (Å²) >= 11 is 0. The first-order valence-electron chi connectivity index (χ1n) is 5.63. The summed E-state index contributed by atoms with van der Waals surface area (Å²) in [6.45, 7) is 5.24. The maximum Gasteiger partial charge on any atom is 0.379 e.